The Balaban J connectivity index is 1.64. The van der Waals surface area contributed by atoms with E-state index in [0.717, 1.165) is 31.5 Å². The lowest BCUT2D eigenvalue weighted by Gasteiger charge is -2.34. The van der Waals surface area contributed by atoms with E-state index in [4.69, 9.17) is 11.6 Å². The zero-order chi connectivity index (χ0) is 18.4. The molecule has 1 atom stereocenters. The first-order valence-corrected chi connectivity index (χ1v) is 9.15. The minimum absolute atomic E-state index is 0.0680. The van der Waals surface area contributed by atoms with Crippen molar-refractivity contribution in [3.63, 3.8) is 0 Å². The molecule has 7 heteroatoms. The number of nitrogens with zero attached hydrogens (tertiary/aromatic N) is 2. The molecule has 0 spiro atoms. The minimum Gasteiger partial charge on any atom is -0.336 e. The third-order valence-corrected chi connectivity index (χ3v) is 4.85. The van der Waals surface area contributed by atoms with Crippen LogP contribution in [-0.4, -0.2) is 35.5 Å². The molecule has 0 unspecified atom stereocenters. The first kappa shape index (κ1) is 18.6. The molecule has 3 rings (SSSR count). The number of pyridine rings is 1. The van der Waals surface area contributed by atoms with Crippen molar-refractivity contribution in [2.75, 3.05) is 25.0 Å². The normalized spacial score (nSPS) is 16.1. The lowest BCUT2D eigenvalue weighted by Crippen LogP contribution is -2.41. The van der Waals surface area contributed by atoms with E-state index >= 15 is 0 Å². The van der Waals surface area contributed by atoms with Gasteiger partial charge in [-0.25, -0.2) is 9.18 Å². The van der Waals surface area contributed by atoms with Gasteiger partial charge >= 0.3 is 6.03 Å². The maximum absolute atomic E-state index is 13.1. The van der Waals surface area contributed by atoms with E-state index < -0.39 is 5.82 Å². The van der Waals surface area contributed by atoms with Crippen LogP contribution in [0.4, 0.5) is 14.9 Å². The number of likely N-dealkylation sites (tertiary alicyclic amines) is 1. The fraction of sp³-hybridized carbons (Fsp3) is 0.368. The maximum atomic E-state index is 13.1. The van der Waals surface area contributed by atoms with Crippen LogP contribution in [0.3, 0.4) is 0 Å². The molecule has 2 aromatic rings. The van der Waals surface area contributed by atoms with Crippen LogP contribution in [0.2, 0.25) is 5.02 Å². The van der Waals surface area contributed by atoms with Crippen molar-refractivity contribution in [3.8, 4) is 0 Å². The van der Waals surface area contributed by atoms with E-state index in [9.17, 15) is 9.18 Å². The monoisotopic (exact) mass is 376 g/mol. The SMILES string of the molecule is O=C(NC[C@@H](c1cccnc1)N1CCCCC1)Nc1ccc(F)cc1Cl. The third-order valence-electron chi connectivity index (χ3n) is 4.54. The number of carbonyl (C=O) groups is 1. The van der Waals surface area contributed by atoms with Crippen molar-refractivity contribution < 1.29 is 9.18 Å². The van der Waals surface area contributed by atoms with Crippen molar-refractivity contribution in [1.82, 2.24) is 15.2 Å². The Morgan fingerprint density at radius 1 is 1.27 bits per heavy atom. The molecule has 0 radical (unpaired) electrons. The highest BCUT2D eigenvalue weighted by Crippen LogP contribution is 2.24. The quantitative estimate of drug-likeness (QED) is 0.821. The standard InChI is InChI=1S/C19H22ClFN4O/c20-16-11-15(21)6-7-17(16)24-19(26)23-13-18(14-5-4-8-22-12-14)25-9-2-1-3-10-25/h4-8,11-12,18H,1-3,9-10,13H2,(H2,23,24,26)/t18-/m0/s1. The molecular formula is C19H22ClFN4O. The summed E-state index contributed by atoms with van der Waals surface area (Å²) in [6.07, 6.45) is 7.15. The summed E-state index contributed by atoms with van der Waals surface area (Å²) in [6, 6.07) is 7.51. The highest BCUT2D eigenvalue weighted by molar-refractivity contribution is 6.33. The van der Waals surface area contributed by atoms with Crippen molar-refractivity contribution in [3.05, 3.63) is 59.1 Å². The largest absolute Gasteiger partial charge is 0.336 e. The Labute approximate surface area is 157 Å². The number of benzene rings is 1. The predicted octanol–water partition coefficient (Wildman–Crippen LogP) is 4.22. The van der Waals surface area contributed by atoms with E-state index in [-0.39, 0.29) is 17.1 Å². The van der Waals surface area contributed by atoms with Gasteiger partial charge in [0.15, 0.2) is 0 Å². The summed E-state index contributed by atoms with van der Waals surface area (Å²) in [5, 5.41) is 5.73. The maximum Gasteiger partial charge on any atom is 0.319 e. The molecule has 1 saturated heterocycles. The Kier molecular flexibility index (Phi) is 6.41. The van der Waals surface area contributed by atoms with Crippen LogP contribution in [0.5, 0.6) is 0 Å². The summed E-state index contributed by atoms with van der Waals surface area (Å²) in [7, 11) is 0. The number of hydrogen-bond donors (Lipinski definition) is 2. The Bertz CT molecular complexity index is 738. The molecule has 0 aliphatic carbocycles. The van der Waals surface area contributed by atoms with Gasteiger partial charge < -0.3 is 10.6 Å². The first-order valence-electron chi connectivity index (χ1n) is 8.77. The molecule has 26 heavy (non-hydrogen) atoms. The highest BCUT2D eigenvalue weighted by atomic mass is 35.5. The van der Waals surface area contributed by atoms with Crippen LogP contribution in [0.25, 0.3) is 0 Å². The molecule has 1 aromatic heterocycles. The smallest absolute Gasteiger partial charge is 0.319 e. The fourth-order valence-electron chi connectivity index (χ4n) is 3.21. The molecule has 1 fully saturated rings. The number of hydrogen-bond acceptors (Lipinski definition) is 3. The molecule has 1 aromatic carbocycles. The topological polar surface area (TPSA) is 57.3 Å². The first-order chi connectivity index (χ1) is 12.6. The summed E-state index contributed by atoms with van der Waals surface area (Å²) < 4.78 is 13.1. The fourth-order valence-corrected chi connectivity index (χ4v) is 3.42. The summed E-state index contributed by atoms with van der Waals surface area (Å²) >= 11 is 5.95. The van der Waals surface area contributed by atoms with Gasteiger partial charge in [-0.3, -0.25) is 9.88 Å². The average Bonchev–Trinajstić information content (AvgIpc) is 2.66. The molecular weight excluding hydrogens is 355 g/mol. The minimum atomic E-state index is -0.442. The van der Waals surface area contributed by atoms with Crippen molar-refractivity contribution in [1.29, 1.82) is 0 Å². The van der Waals surface area contributed by atoms with Crippen LogP contribution in [0.15, 0.2) is 42.7 Å². The number of carbonyl (C=O) groups excluding carboxylic acids is 1. The molecule has 1 aliphatic rings. The molecule has 0 bridgehead atoms. The van der Waals surface area contributed by atoms with Crippen LogP contribution in [-0.2, 0) is 0 Å². The van der Waals surface area contributed by atoms with Crippen LogP contribution < -0.4 is 10.6 Å². The zero-order valence-corrected chi connectivity index (χ0v) is 15.2. The number of nitrogens with one attached hydrogen (secondary N) is 2. The van der Waals surface area contributed by atoms with Crippen LogP contribution in [0.1, 0.15) is 30.9 Å². The molecule has 5 nitrogen and oxygen atoms in total. The summed E-state index contributed by atoms with van der Waals surface area (Å²) in [5.74, 6) is -0.442. The van der Waals surface area contributed by atoms with Gasteiger partial charge in [0.2, 0.25) is 0 Å². The van der Waals surface area contributed by atoms with E-state index in [1.165, 1.54) is 24.6 Å². The van der Waals surface area contributed by atoms with Gasteiger partial charge in [0.1, 0.15) is 5.82 Å². The second-order valence-electron chi connectivity index (χ2n) is 6.36. The van der Waals surface area contributed by atoms with Crippen molar-refractivity contribution >= 4 is 23.3 Å². The highest BCUT2D eigenvalue weighted by Gasteiger charge is 2.23. The van der Waals surface area contributed by atoms with Crippen LogP contribution >= 0.6 is 11.6 Å². The third kappa shape index (κ3) is 4.93. The zero-order valence-electron chi connectivity index (χ0n) is 14.4. The molecule has 0 saturated carbocycles. The number of aromatic nitrogens is 1. The number of anilines is 1. The van der Waals surface area contributed by atoms with Gasteiger partial charge in [0.25, 0.3) is 0 Å². The van der Waals surface area contributed by atoms with Gasteiger partial charge in [-0.2, -0.15) is 0 Å². The second-order valence-corrected chi connectivity index (χ2v) is 6.77. The number of rotatable bonds is 5. The van der Waals surface area contributed by atoms with Crippen molar-refractivity contribution in [2.45, 2.75) is 25.3 Å². The summed E-state index contributed by atoms with van der Waals surface area (Å²) in [6.45, 7) is 2.47. The average molecular weight is 377 g/mol. The van der Waals surface area contributed by atoms with Gasteiger partial charge in [-0.05, 0) is 55.8 Å². The lowest BCUT2D eigenvalue weighted by molar-refractivity contribution is 0.161. The number of piperidine rings is 1. The molecule has 2 amide bonds. The Morgan fingerprint density at radius 3 is 2.77 bits per heavy atom. The summed E-state index contributed by atoms with van der Waals surface area (Å²) in [4.78, 5) is 18.8. The van der Waals surface area contributed by atoms with E-state index in [0.29, 0.717) is 12.2 Å². The lowest BCUT2D eigenvalue weighted by atomic mass is 10.0. The van der Waals surface area contributed by atoms with Gasteiger partial charge in [-0.15, -0.1) is 0 Å². The van der Waals surface area contributed by atoms with E-state index in [2.05, 4.69) is 20.5 Å². The van der Waals surface area contributed by atoms with Crippen molar-refractivity contribution in [2.24, 2.45) is 0 Å². The predicted molar refractivity (Wildman–Crippen MR) is 101 cm³/mol. The number of halogens is 2. The molecule has 138 valence electrons. The Hall–Kier alpha value is -2.18. The Morgan fingerprint density at radius 2 is 2.08 bits per heavy atom. The van der Waals surface area contributed by atoms with Gasteiger partial charge in [0.05, 0.1) is 16.8 Å². The van der Waals surface area contributed by atoms with Gasteiger partial charge in [-0.1, -0.05) is 24.1 Å². The van der Waals surface area contributed by atoms with E-state index in [1.807, 2.05) is 18.3 Å². The molecule has 2 N–H and O–H groups in total. The van der Waals surface area contributed by atoms with Gasteiger partial charge in [0, 0.05) is 18.9 Å². The van der Waals surface area contributed by atoms with E-state index in [1.54, 1.807) is 6.20 Å². The number of urea groups is 1. The molecule has 1 aliphatic heterocycles. The van der Waals surface area contributed by atoms with Crippen LogP contribution in [0, 0.1) is 5.82 Å². The second kappa shape index (κ2) is 8.96. The molecule has 2 heterocycles. The summed E-state index contributed by atoms with van der Waals surface area (Å²) in [5.41, 5.74) is 1.45. The number of amides is 2.